The van der Waals surface area contributed by atoms with Gasteiger partial charge in [0.1, 0.15) is 6.54 Å². The largest absolute Gasteiger partial charge is 0.394 e. The molecule has 1 amide bonds. The highest BCUT2D eigenvalue weighted by atomic mass is 16.3. The third-order valence-electron chi connectivity index (χ3n) is 3.59. The standard InChI is InChI=1S/C13H19N3O4/c17-9-10-4-2-1-3-7-15(10)13(20)8-16-12(19)6-5-11(18)14-16/h5-6,10,17H,1-4,7-9H2,(H,14,18). The van der Waals surface area contributed by atoms with Crippen LogP contribution in [0.25, 0.3) is 0 Å². The van der Waals surface area contributed by atoms with Crippen molar-refractivity contribution < 1.29 is 9.90 Å². The van der Waals surface area contributed by atoms with Crippen molar-refractivity contribution in [2.75, 3.05) is 13.2 Å². The average molecular weight is 281 g/mol. The molecule has 1 fully saturated rings. The van der Waals surface area contributed by atoms with E-state index in [9.17, 15) is 19.5 Å². The lowest BCUT2D eigenvalue weighted by Gasteiger charge is -2.28. The predicted molar refractivity (Wildman–Crippen MR) is 72.4 cm³/mol. The van der Waals surface area contributed by atoms with Crippen LogP contribution in [0.5, 0.6) is 0 Å². The normalized spacial score (nSPS) is 19.6. The molecule has 0 saturated carbocycles. The number of aromatic nitrogens is 2. The van der Waals surface area contributed by atoms with E-state index < -0.39 is 11.1 Å². The average Bonchev–Trinajstić information content (AvgIpc) is 2.68. The van der Waals surface area contributed by atoms with Crippen LogP contribution in [0.4, 0.5) is 0 Å². The maximum Gasteiger partial charge on any atom is 0.265 e. The Morgan fingerprint density at radius 3 is 2.85 bits per heavy atom. The molecule has 1 aliphatic rings. The van der Waals surface area contributed by atoms with Gasteiger partial charge in [-0.2, -0.15) is 0 Å². The van der Waals surface area contributed by atoms with Crippen molar-refractivity contribution in [1.82, 2.24) is 14.7 Å². The minimum Gasteiger partial charge on any atom is -0.394 e. The Morgan fingerprint density at radius 2 is 2.10 bits per heavy atom. The Labute approximate surface area is 115 Å². The smallest absolute Gasteiger partial charge is 0.265 e. The van der Waals surface area contributed by atoms with Crippen molar-refractivity contribution in [3.63, 3.8) is 0 Å². The Balaban J connectivity index is 2.15. The van der Waals surface area contributed by atoms with E-state index in [2.05, 4.69) is 5.10 Å². The van der Waals surface area contributed by atoms with Gasteiger partial charge in [-0.15, -0.1) is 0 Å². The summed E-state index contributed by atoms with van der Waals surface area (Å²) in [5, 5.41) is 11.7. The van der Waals surface area contributed by atoms with Crippen molar-refractivity contribution in [1.29, 1.82) is 0 Å². The molecule has 1 saturated heterocycles. The molecule has 2 N–H and O–H groups in total. The number of H-pyrrole nitrogens is 1. The van der Waals surface area contributed by atoms with Gasteiger partial charge in [-0.25, -0.2) is 4.68 Å². The number of hydrogen-bond donors (Lipinski definition) is 2. The molecular formula is C13H19N3O4. The van der Waals surface area contributed by atoms with Gasteiger partial charge in [-0.05, 0) is 12.8 Å². The van der Waals surface area contributed by atoms with E-state index in [1.165, 1.54) is 0 Å². The number of likely N-dealkylation sites (tertiary alicyclic amines) is 1. The third-order valence-corrected chi connectivity index (χ3v) is 3.59. The van der Waals surface area contributed by atoms with Crippen molar-refractivity contribution >= 4 is 5.91 Å². The van der Waals surface area contributed by atoms with Crippen LogP contribution in [0.2, 0.25) is 0 Å². The second-order valence-corrected chi connectivity index (χ2v) is 5.01. The van der Waals surface area contributed by atoms with Crippen LogP contribution >= 0.6 is 0 Å². The number of amides is 1. The Hall–Kier alpha value is -1.89. The van der Waals surface area contributed by atoms with E-state index in [1.807, 2.05) is 0 Å². The van der Waals surface area contributed by atoms with Gasteiger partial charge < -0.3 is 10.0 Å². The maximum atomic E-state index is 12.3. The zero-order valence-corrected chi connectivity index (χ0v) is 11.2. The number of aromatic amines is 1. The fraction of sp³-hybridized carbons (Fsp3) is 0.615. The molecule has 0 aromatic carbocycles. The zero-order chi connectivity index (χ0) is 14.5. The van der Waals surface area contributed by atoms with E-state index in [-0.39, 0.29) is 25.1 Å². The summed E-state index contributed by atoms with van der Waals surface area (Å²) in [5.74, 6) is -0.255. The number of aliphatic hydroxyl groups excluding tert-OH is 1. The van der Waals surface area contributed by atoms with Crippen molar-refractivity contribution in [2.24, 2.45) is 0 Å². The van der Waals surface area contributed by atoms with Gasteiger partial charge in [0, 0.05) is 18.7 Å². The Kier molecular flexibility index (Phi) is 4.73. The molecule has 2 rings (SSSR count). The fourth-order valence-corrected chi connectivity index (χ4v) is 2.50. The van der Waals surface area contributed by atoms with Gasteiger partial charge in [0.15, 0.2) is 0 Å². The monoisotopic (exact) mass is 281 g/mol. The first-order valence-corrected chi connectivity index (χ1v) is 6.82. The first-order chi connectivity index (χ1) is 9.61. The van der Waals surface area contributed by atoms with Gasteiger partial charge in [-0.3, -0.25) is 19.5 Å². The number of nitrogens with zero attached hydrogens (tertiary/aromatic N) is 2. The second kappa shape index (κ2) is 6.51. The molecule has 7 heteroatoms. The van der Waals surface area contributed by atoms with Crippen molar-refractivity contribution in [3.05, 3.63) is 32.8 Å². The highest BCUT2D eigenvalue weighted by Crippen LogP contribution is 2.16. The summed E-state index contributed by atoms with van der Waals surface area (Å²) in [6, 6.07) is 2.07. The zero-order valence-electron chi connectivity index (χ0n) is 11.2. The lowest BCUT2D eigenvalue weighted by Crippen LogP contribution is -2.45. The first-order valence-electron chi connectivity index (χ1n) is 6.82. The summed E-state index contributed by atoms with van der Waals surface area (Å²) in [4.78, 5) is 36.7. The molecule has 0 spiro atoms. The summed E-state index contributed by atoms with van der Waals surface area (Å²) >= 11 is 0. The number of rotatable bonds is 3. The van der Waals surface area contributed by atoms with E-state index in [1.54, 1.807) is 4.90 Å². The highest BCUT2D eigenvalue weighted by Gasteiger charge is 2.25. The molecule has 1 unspecified atom stereocenters. The first kappa shape index (κ1) is 14.5. The highest BCUT2D eigenvalue weighted by molar-refractivity contribution is 5.76. The predicted octanol–water partition coefficient (Wildman–Crippen LogP) is -0.700. The quantitative estimate of drug-likeness (QED) is 0.766. The molecule has 0 radical (unpaired) electrons. The molecular weight excluding hydrogens is 262 g/mol. The lowest BCUT2D eigenvalue weighted by atomic mass is 10.1. The van der Waals surface area contributed by atoms with Gasteiger partial charge >= 0.3 is 0 Å². The molecule has 1 aromatic rings. The third kappa shape index (κ3) is 3.36. The van der Waals surface area contributed by atoms with Gasteiger partial charge in [0.2, 0.25) is 5.91 Å². The van der Waals surface area contributed by atoms with Crippen LogP contribution < -0.4 is 11.1 Å². The molecule has 7 nitrogen and oxygen atoms in total. The lowest BCUT2D eigenvalue weighted by molar-refractivity contribution is -0.135. The van der Waals surface area contributed by atoms with Crippen LogP contribution in [0.15, 0.2) is 21.7 Å². The second-order valence-electron chi connectivity index (χ2n) is 5.01. The summed E-state index contributed by atoms with van der Waals surface area (Å²) in [6.07, 6.45) is 3.67. The van der Waals surface area contributed by atoms with E-state index >= 15 is 0 Å². The van der Waals surface area contributed by atoms with Crippen molar-refractivity contribution in [2.45, 2.75) is 38.3 Å². The molecule has 0 aliphatic carbocycles. The van der Waals surface area contributed by atoms with E-state index in [0.29, 0.717) is 6.54 Å². The number of hydrogen-bond acceptors (Lipinski definition) is 4. The summed E-state index contributed by atoms with van der Waals surface area (Å²) in [5.41, 5.74) is -0.847. The van der Waals surface area contributed by atoms with Gasteiger partial charge in [0.25, 0.3) is 11.1 Å². The summed E-state index contributed by atoms with van der Waals surface area (Å²) in [7, 11) is 0. The Bertz CT molecular complexity index is 577. The minimum absolute atomic E-state index is 0.0774. The maximum absolute atomic E-state index is 12.3. The van der Waals surface area contributed by atoms with E-state index in [0.717, 1.165) is 42.5 Å². The van der Waals surface area contributed by atoms with Crippen molar-refractivity contribution in [3.8, 4) is 0 Å². The molecule has 1 aliphatic heterocycles. The van der Waals surface area contributed by atoms with Crippen LogP contribution in [0, 0.1) is 0 Å². The minimum atomic E-state index is -0.424. The van der Waals surface area contributed by atoms with Crippen LogP contribution in [-0.2, 0) is 11.3 Å². The molecule has 1 aromatic heterocycles. The molecule has 110 valence electrons. The van der Waals surface area contributed by atoms with Gasteiger partial charge in [0.05, 0.1) is 12.6 Å². The SMILES string of the molecule is O=C(Cn1[nH]c(=O)ccc1=O)N1CCCCCC1CO. The van der Waals surface area contributed by atoms with Gasteiger partial charge in [-0.1, -0.05) is 12.8 Å². The van der Waals surface area contributed by atoms with Crippen LogP contribution in [-0.4, -0.2) is 44.9 Å². The molecule has 20 heavy (non-hydrogen) atoms. The summed E-state index contributed by atoms with van der Waals surface area (Å²) in [6.45, 7) is 0.299. The van der Waals surface area contributed by atoms with Crippen LogP contribution in [0.1, 0.15) is 25.7 Å². The van der Waals surface area contributed by atoms with E-state index in [4.69, 9.17) is 0 Å². The Morgan fingerprint density at radius 1 is 1.30 bits per heavy atom. The topological polar surface area (TPSA) is 95.4 Å². The molecule has 0 bridgehead atoms. The summed E-state index contributed by atoms with van der Waals surface area (Å²) < 4.78 is 1.00. The fourth-order valence-electron chi connectivity index (χ4n) is 2.50. The number of nitrogens with one attached hydrogen (secondary N) is 1. The van der Waals surface area contributed by atoms with Crippen LogP contribution in [0.3, 0.4) is 0 Å². The molecule has 1 atom stereocenters. The number of carbonyl (C=O) groups excluding carboxylic acids is 1. The number of carbonyl (C=O) groups is 1. The molecule has 2 heterocycles. The number of aliphatic hydroxyl groups is 1.